The number of rotatable bonds is 8. The van der Waals surface area contributed by atoms with Gasteiger partial charge in [-0.15, -0.1) is 0 Å². The third-order valence-corrected chi connectivity index (χ3v) is 8.92. The number of ether oxygens (including phenoxy) is 1. The Morgan fingerprint density at radius 3 is 2.55 bits per heavy atom. The summed E-state index contributed by atoms with van der Waals surface area (Å²) in [5.74, 6) is 0.474. The van der Waals surface area contributed by atoms with Gasteiger partial charge in [0.1, 0.15) is 4.90 Å². The minimum Gasteiger partial charge on any atom is -0.385 e. The van der Waals surface area contributed by atoms with E-state index in [1.54, 1.807) is 19.2 Å². The van der Waals surface area contributed by atoms with Crippen LogP contribution in [0.15, 0.2) is 23.1 Å². The van der Waals surface area contributed by atoms with Crippen LogP contribution in [0.1, 0.15) is 39.5 Å². The van der Waals surface area contributed by atoms with Crippen LogP contribution in [0, 0.1) is 5.92 Å². The highest BCUT2D eigenvalue weighted by molar-refractivity contribution is 7.89. The van der Waals surface area contributed by atoms with E-state index in [4.69, 9.17) is 27.9 Å². The normalized spacial score (nSPS) is 22.1. The molecule has 1 N–H and O–H groups in total. The lowest BCUT2D eigenvalue weighted by atomic mass is 9.97. The molecule has 2 fully saturated rings. The number of piperidine rings is 1. The van der Waals surface area contributed by atoms with Crippen LogP contribution in [0.5, 0.6) is 0 Å². The molecule has 1 aromatic carbocycles. The molecule has 2 heterocycles. The highest BCUT2D eigenvalue weighted by Gasteiger charge is 2.52. The van der Waals surface area contributed by atoms with Crippen molar-refractivity contribution >= 4 is 39.1 Å². The smallest absolute Gasteiger partial charge is 0.244 e. The first-order chi connectivity index (χ1) is 14.6. The average molecular weight is 492 g/mol. The van der Waals surface area contributed by atoms with E-state index in [0.29, 0.717) is 45.0 Å². The van der Waals surface area contributed by atoms with E-state index in [1.165, 1.54) is 10.4 Å². The van der Waals surface area contributed by atoms with E-state index >= 15 is 0 Å². The van der Waals surface area contributed by atoms with Gasteiger partial charge in [0.05, 0.1) is 21.7 Å². The Morgan fingerprint density at radius 1 is 1.26 bits per heavy atom. The van der Waals surface area contributed by atoms with E-state index in [0.717, 1.165) is 12.8 Å². The number of nitrogens with zero attached hydrogens (tertiary/aromatic N) is 2. The lowest BCUT2D eigenvalue weighted by Crippen LogP contribution is -2.59. The highest BCUT2D eigenvalue weighted by Crippen LogP contribution is 2.37. The van der Waals surface area contributed by atoms with Gasteiger partial charge < -0.3 is 9.64 Å². The van der Waals surface area contributed by atoms with E-state index in [1.807, 2.05) is 4.90 Å². The molecule has 2 aliphatic rings. The van der Waals surface area contributed by atoms with E-state index < -0.39 is 15.7 Å². The van der Waals surface area contributed by atoms with Gasteiger partial charge in [-0.1, -0.05) is 43.1 Å². The molecule has 3 rings (SSSR count). The first-order valence-corrected chi connectivity index (χ1v) is 12.8. The Morgan fingerprint density at radius 2 is 1.94 bits per heavy atom. The Labute approximate surface area is 195 Å². The third kappa shape index (κ3) is 5.04. The van der Waals surface area contributed by atoms with Crippen LogP contribution >= 0.6 is 23.2 Å². The molecular weight excluding hydrogens is 461 g/mol. The van der Waals surface area contributed by atoms with E-state index in [2.05, 4.69) is 19.2 Å². The molecule has 10 heteroatoms. The molecule has 1 amide bonds. The van der Waals surface area contributed by atoms with Gasteiger partial charge in [0.2, 0.25) is 15.9 Å². The van der Waals surface area contributed by atoms with Crippen LogP contribution in [-0.2, 0) is 19.6 Å². The number of halogens is 2. The lowest BCUT2D eigenvalue weighted by molar-refractivity contribution is -0.133. The Kier molecular flexibility index (Phi) is 7.92. The number of methoxy groups -OCH3 is 1. The number of benzene rings is 1. The predicted molar refractivity (Wildman–Crippen MR) is 122 cm³/mol. The quantitative estimate of drug-likeness (QED) is 0.564. The molecule has 1 atom stereocenters. The van der Waals surface area contributed by atoms with Crippen LogP contribution in [0.2, 0.25) is 10.0 Å². The molecule has 0 saturated carbocycles. The molecule has 1 spiro atoms. The molecule has 2 aliphatic heterocycles. The van der Waals surface area contributed by atoms with Crippen molar-refractivity contribution < 1.29 is 17.9 Å². The van der Waals surface area contributed by atoms with E-state index in [-0.39, 0.29) is 26.9 Å². The van der Waals surface area contributed by atoms with Crippen molar-refractivity contribution in [3.05, 3.63) is 28.2 Å². The standard InChI is InChI=1S/C21H31Cl2N3O4S/c1-15(2)14-17-20(27)26(10-5-13-30-3)21(24-17)8-11-25(12-9-21)31(28,29)18-7-4-6-16(22)19(18)23/h4,6-7,15,17,24H,5,8-14H2,1-3H3/t17-/m0/s1. The third-order valence-electron chi connectivity index (χ3n) is 6.04. The summed E-state index contributed by atoms with van der Waals surface area (Å²) < 4.78 is 33.0. The predicted octanol–water partition coefficient (Wildman–Crippen LogP) is 3.36. The van der Waals surface area contributed by atoms with Crippen molar-refractivity contribution in [2.24, 2.45) is 5.92 Å². The van der Waals surface area contributed by atoms with Gasteiger partial charge in [-0.05, 0) is 43.7 Å². The van der Waals surface area contributed by atoms with Gasteiger partial charge >= 0.3 is 0 Å². The summed E-state index contributed by atoms with van der Waals surface area (Å²) in [7, 11) is -2.14. The van der Waals surface area contributed by atoms with Gasteiger partial charge in [-0.25, -0.2) is 8.42 Å². The first-order valence-electron chi connectivity index (χ1n) is 10.6. The average Bonchev–Trinajstić information content (AvgIpc) is 2.95. The fourth-order valence-corrected chi connectivity index (χ4v) is 6.70. The van der Waals surface area contributed by atoms with Crippen LogP contribution < -0.4 is 5.32 Å². The van der Waals surface area contributed by atoms with Gasteiger partial charge in [0.15, 0.2) is 0 Å². The van der Waals surface area contributed by atoms with Crippen LogP contribution in [0.4, 0.5) is 0 Å². The summed E-state index contributed by atoms with van der Waals surface area (Å²) in [4.78, 5) is 15.1. The zero-order valence-electron chi connectivity index (χ0n) is 18.2. The van der Waals surface area contributed by atoms with Gasteiger partial charge in [-0.2, -0.15) is 4.31 Å². The number of carbonyl (C=O) groups excluding carboxylic acids is 1. The molecule has 31 heavy (non-hydrogen) atoms. The van der Waals surface area contributed by atoms with Crippen LogP contribution in [-0.4, -0.2) is 68.6 Å². The molecule has 0 unspecified atom stereocenters. The molecule has 174 valence electrons. The van der Waals surface area contributed by atoms with Crippen LogP contribution in [0.25, 0.3) is 0 Å². The number of hydrogen-bond acceptors (Lipinski definition) is 5. The minimum atomic E-state index is -3.78. The summed E-state index contributed by atoms with van der Waals surface area (Å²) in [6.07, 6.45) is 2.51. The summed E-state index contributed by atoms with van der Waals surface area (Å²) in [6.45, 7) is 5.93. The maximum absolute atomic E-state index is 13.2. The molecule has 0 bridgehead atoms. The zero-order valence-corrected chi connectivity index (χ0v) is 20.6. The van der Waals surface area contributed by atoms with Crippen molar-refractivity contribution in [3.8, 4) is 0 Å². The summed E-state index contributed by atoms with van der Waals surface area (Å²) in [5, 5.41) is 3.81. The molecule has 0 aliphatic carbocycles. The maximum Gasteiger partial charge on any atom is 0.244 e. The number of amides is 1. The highest BCUT2D eigenvalue weighted by atomic mass is 35.5. The first kappa shape index (κ1) is 24.7. The second kappa shape index (κ2) is 9.93. The van der Waals surface area contributed by atoms with Crippen molar-refractivity contribution in [2.45, 2.75) is 56.1 Å². The van der Waals surface area contributed by atoms with Crippen molar-refractivity contribution in [1.82, 2.24) is 14.5 Å². The SMILES string of the molecule is COCCCN1C(=O)[C@H](CC(C)C)NC12CCN(S(=O)(=O)c1cccc(Cl)c1Cl)CC2. The van der Waals surface area contributed by atoms with Gasteiger partial charge in [0.25, 0.3) is 0 Å². The number of nitrogens with one attached hydrogen (secondary N) is 1. The fraction of sp³-hybridized carbons (Fsp3) is 0.667. The molecule has 7 nitrogen and oxygen atoms in total. The van der Waals surface area contributed by atoms with Gasteiger partial charge in [0, 0.05) is 33.4 Å². The number of carbonyl (C=O) groups is 1. The maximum atomic E-state index is 13.2. The monoisotopic (exact) mass is 491 g/mol. The molecule has 0 radical (unpaired) electrons. The minimum absolute atomic E-state index is 0.0164. The van der Waals surface area contributed by atoms with Crippen LogP contribution in [0.3, 0.4) is 0 Å². The summed E-state index contributed by atoms with van der Waals surface area (Å²) >= 11 is 12.2. The molecule has 0 aromatic heterocycles. The van der Waals surface area contributed by atoms with E-state index in [9.17, 15) is 13.2 Å². The van der Waals surface area contributed by atoms with Crippen molar-refractivity contribution in [2.75, 3.05) is 33.4 Å². The second-order valence-electron chi connectivity index (χ2n) is 8.65. The summed E-state index contributed by atoms with van der Waals surface area (Å²) in [5.41, 5.74) is -0.533. The number of sulfonamides is 1. The number of hydrogen-bond donors (Lipinski definition) is 1. The van der Waals surface area contributed by atoms with Gasteiger partial charge in [-0.3, -0.25) is 10.1 Å². The Bertz CT molecular complexity index is 902. The zero-order chi connectivity index (χ0) is 22.8. The molecule has 1 aromatic rings. The largest absolute Gasteiger partial charge is 0.385 e. The fourth-order valence-electron chi connectivity index (χ4n) is 4.52. The Balaban J connectivity index is 1.79. The summed E-state index contributed by atoms with van der Waals surface area (Å²) in [6, 6.07) is 4.38. The second-order valence-corrected chi connectivity index (χ2v) is 11.3. The topological polar surface area (TPSA) is 79.0 Å². The lowest BCUT2D eigenvalue weighted by Gasteiger charge is -2.44. The molecular formula is C21H31Cl2N3O4S. The Hall–Kier alpha value is -0.900. The van der Waals surface area contributed by atoms with Crippen molar-refractivity contribution in [3.63, 3.8) is 0 Å². The van der Waals surface area contributed by atoms with Crippen molar-refractivity contribution in [1.29, 1.82) is 0 Å². The molecule has 2 saturated heterocycles.